The van der Waals surface area contributed by atoms with Crippen molar-refractivity contribution in [2.45, 2.75) is 18.9 Å². The Kier molecular flexibility index (Phi) is 4.35. The molecule has 0 radical (unpaired) electrons. The van der Waals surface area contributed by atoms with Crippen molar-refractivity contribution in [3.63, 3.8) is 0 Å². The highest BCUT2D eigenvalue weighted by atomic mass is 16.1. The molecule has 2 N–H and O–H groups in total. The highest BCUT2D eigenvalue weighted by Crippen LogP contribution is 2.23. The van der Waals surface area contributed by atoms with E-state index in [9.17, 15) is 4.79 Å². The van der Waals surface area contributed by atoms with E-state index in [2.05, 4.69) is 15.2 Å². The van der Waals surface area contributed by atoms with Gasteiger partial charge in [0.05, 0.1) is 29.8 Å². The molecule has 1 atom stereocenters. The fourth-order valence-electron chi connectivity index (χ4n) is 3.90. The molecule has 1 unspecified atom stereocenters. The summed E-state index contributed by atoms with van der Waals surface area (Å²) in [6.45, 7) is 1.40. The van der Waals surface area contributed by atoms with Crippen molar-refractivity contribution < 1.29 is 0 Å². The van der Waals surface area contributed by atoms with E-state index < -0.39 is 0 Å². The van der Waals surface area contributed by atoms with Crippen LogP contribution in [0, 0.1) is 0 Å². The quantitative estimate of drug-likeness (QED) is 0.537. The van der Waals surface area contributed by atoms with Crippen molar-refractivity contribution in [2.24, 2.45) is 19.8 Å². The summed E-state index contributed by atoms with van der Waals surface area (Å²) < 4.78 is 5.03. The minimum absolute atomic E-state index is 0.0487. The second-order valence-corrected chi connectivity index (χ2v) is 7.77. The van der Waals surface area contributed by atoms with E-state index in [4.69, 9.17) is 10.7 Å². The first-order valence-electron chi connectivity index (χ1n) is 9.91. The Balaban J connectivity index is 1.62. The number of nitrogens with zero attached hydrogens (tertiary/aromatic N) is 8. The molecule has 1 saturated heterocycles. The number of hydrogen-bond donors (Lipinski definition) is 1. The van der Waals surface area contributed by atoms with Crippen LogP contribution in [0.15, 0.2) is 41.8 Å². The Labute approximate surface area is 172 Å². The van der Waals surface area contributed by atoms with Crippen molar-refractivity contribution in [3.8, 4) is 17.1 Å². The number of aryl methyl sites for hydroxylation is 2. The Morgan fingerprint density at radius 3 is 2.77 bits per heavy atom. The van der Waals surface area contributed by atoms with Crippen LogP contribution in [0.3, 0.4) is 0 Å². The van der Waals surface area contributed by atoms with Crippen LogP contribution in [-0.2, 0) is 14.1 Å². The topological polar surface area (TPSA) is 113 Å². The van der Waals surface area contributed by atoms with Crippen LogP contribution < -0.4 is 16.2 Å². The molecule has 4 aromatic rings. The van der Waals surface area contributed by atoms with Gasteiger partial charge in [0, 0.05) is 56.6 Å². The third-order valence-electron chi connectivity index (χ3n) is 5.47. The third-order valence-corrected chi connectivity index (χ3v) is 5.47. The van der Waals surface area contributed by atoms with Gasteiger partial charge in [-0.15, -0.1) is 0 Å². The van der Waals surface area contributed by atoms with Gasteiger partial charge in [-0.1, -0.05) is 0 Å². The highest BCUT2D eigenvalue weighted by molar-refractivity contribution is 5.82. The van der Waals surface area contributed by atoms with Gasteiger partial charge in [0.1, 0.15) is 0 Å². The zero-order valence-electron chi connectivity index (χ0n) is 16.9. The lowest BCUT2D eigenvalue weighted by molar-refractivity contribution is 0.500. The maximum atomic E-state index is 12.8. The van der Waals surface area contributed by atoms with Crippen LogP contribution >= 0.6 is 0 Å². The first-order valence-corrected chi connectivity index (χ1v) is 9.91. The lowest BCUT2D eigenvalue weighted by Gasteiger charge is -2.31. The predicted octanol–water partition coefficient (Wildman–Crippen LogP) is 0.842. The van der Waals surface area contributed by atoms with E-state index in [-0.39, 0.29) is 11.6 Å². The van der Waals surface area contributed by atoms with Gasteiger partial charge in [0.25, 0.3) is 5.56 Å². The summed E-state index contributed by atoms with van der Waals surface area (Å²) in [5.74, 6) is 0.986. The van der Waals surface area contributed by atoms with Gasteiger partial charge in [-0.05, 0) is 18.9 Å². The van der Waals surface area contributed by atoms with Crippen molar-refractivity contribution in [1.29, 1.82) is 0 Å². The van der Waals surface area contributed by atoms with Crippen molar-refractivity contribution in [3.05, 3.63) is 47.4 Å². The zero-order valence-corrected chi connectivity index (χ0v) is 16.9. The lowest BCUT2D eigenvalue weighted by Crippen LogP contribution is -2.45. The van der Waals surface area contributed by atoms with Crippen LogP contribution in [0.25, 0.3) is 28.0 Å². The maximum absolute atomic E-state index is 12.8. The fraction of sp³-hybridized carbons (Fsp3) is 0.350. The average Bonchev–Trinajstić information content (AvgIpc) is 3.35. The largest absolute Gasteiger partial charge is 0.350 e. The molecule has 154 valence electrons. The third kappa shape index (κ3) is 3.14. The van der Waals surface area contributed by atoms with Crippen molar-refractivity contribution in [1.82, 2.24) is 34.1 Å². The fourth-order valence-corrected chi connectivity index (χ4v) is 3.90. The molecule has 10 heteroatoms. The predicted molar refractivity (Wildman–Crippen MR) is 114 cm³/mol. The Hall–Kier alpha value is -3.53. The summed E-state index contributed by atoms with van der Waals surface area (Å²) in [6, 6.07) is 2.01. The second kappa shape index (κ2) is 7.06. The monoisotopic (exact) mass is 405 g/mol. The number of nitrogens with two attached hydrogens (primary N) is 1. The van der Waals surface area contributed by atoms with Crippen molar-refractivity contribution in [2.75, 3.05) is 18.0 Å². The molecule has 0 spiro atoms. The van der Waals surface area contributed by atoms with Gasteiger partial charge in [0.15, 0.2) is 11.6 Å². The molecule has 1 fully saturated rings. The molecule has 0 aromatic carbocycles. The summed E-state index contributed by atoms with van der Waals surface area (Å²) in [5, 5.41) is 9.62. The molecule has 0 amide bonds. The van der Waals surface area contributed by atoms with E-state index in [0.29, 0.717) is 18.2 Å². The van der Waals surface area contributed by atoms with Crippen molar-refractivity contribution >= 4 is 16.7 Å². The van der Waals surface area contributed by atoms with Gasteiger partial charge in [0.2, 0.25) is 0 Å². The van der Waals surface area contributed by atoms with Gasteiger partial charge in [-0.3, -0.25) is 14.5 Å². The van der Waals surface area contributed by atoms with Gasteiger partial charge in [-0.25, -0.2) is 9.67 Å². The van der Waals surface area contributed by atoms with Gasteiger partial charge in [-0.2, -0.15) is 10.2 Å². The standard InChI is InChI=1S/C20H23N9O/c1-26-12-18(25-19(20(26)30)28-5-3-4-15(21)11-28)29-17-6-16(14-9-23-27(2)10-14)22-7-13(17)8-24-29/h6-10,12,15H,3-5,11,21H2,1-2H3. The van der Waals surface area contributed by atoms with Crippen LogP contribution in [-0.4, -0.2) is 53.2 Å². The number of pyridine rings is 1. The summed E-state index contributed by atoms with van der Waals surface area (Å²) in [7, 11) is 3.60. The molecule has 1 aliphatic rings. The zero-order chi connectivity index (χ0) is 20.8. The van der Waals surface area contributed by atoms with E-state index in [0.717, 1.165) is 41.5 Å². The van der Waals surface area contributed by atoms with E-state index >= 15 is 0 Å². The Morgan fingerprint density at radius 2 is 2.00 bits per heavy atom. The first kappa shape index (κ1) is 18.5. The normalized spacial score (nSPS) is 17.0. The number of fused-ring (bicyclic) bond motifs is 1. The smallest absolute Gasteiger partial charge is 0.293 e. The van der Waals surface area contributed by atoms with Crippen LogP contribution in [0.5, 0.6) is 0 Å². The number of hydrogen-bond acceptors (Lipinski definition) is 7. The molecule has 30 heavy (non-hydrogen) atoms. The molecule has 4 aromatic heterocycles. The first-order chi connectivity index (χ1) is 14.5. The van der Waals surface area contributed by atoms with Gasteiger partial charge < -0.3 is 15.2 Å². The molecule has 10 nitrogen and oxygen atoms in total. The van der Waals surface area contributed by atoms with E-state index in [1.807, 2.05) is 24.2 Å². The summed E-state index contributed by atoms with van der Waals surface area (Å²) in [6.07, 6.45) is 10.8. The molecule has 5 rings (SSSR count). The second-order valence-electron chi connectivity index (χ2n) is 7.77. The maximum Gasteiger partial charge on any atom is 0.293 e. The number of piperidine rings is 1. The summed E-state index contributed by atoms with van der Waals surface area (Å²) in [5.41, 5.74) is 8.56. The van der Waals surface area contributed by atoms with Gasteiger partial charge >= 0.3 is 0 Å². The molecule has 1 aliphatic heterocycles. The molecule has 0 bridgehead atoms. The molecular formula is C20H23N9O. The molecule has 0 aliphatic carbocycles. The van der Waals surface area contributed by atoms with E-state index in [1.54, 1.807) is 45.8 Å². The highest BCUT2D eigenvalue weighted by Gasteiger charge is 2.22. The Morgan fingerprint density at radius 1 is 1.13 bits per heavy atom. The van der Waals surface area contributed by atoms with Crippen LogP contribution in [0.4, 0.5) is 5.82 Å². The number of anilines is 1. The van der Waals surface area contributed by atoms with Crippen LogP contribution in [0.1, 0.15) is 12.8 Å². The minimum atomic E-state index is -0.137. The summed E-state index contributed by atoms with van der Waals surface area (Å²) in [4.78, 5) is 24.0. The molecular weight excluding hydrogens is 382 g/mol. The SMILES string of the molecule is Cn1cc(-c2cc3c(cn2)cnn3-c2cn(C)c(=O)c(N3CCCC(N)C3)n2)cn1. The lowest BCUT2D eigenvalue weighted by atomic mass is 10.1. The molecule has 5 heterocycles. The average molecular weight is 405 g/mol. The van der Waals surface area contributed by atoms with Crippen LogP contribution in [0.2, 0.25) is 0 Å². The Bertz CT molecular complexity index is 1290. The minimum Gasteiger partial charge on any atom is -0.350 e. The summed E-state index contributed by atoms with van der Waals surface area (Å²) >= 11 is 0. The molecule has 0 saturated carbocycles. The van der Waals surface area contributed by atoms with E-state index in [1.165, 1.54) is 0 Å². The number of rotatable bonds is 3. The number of aromatic nitrogens is 7.